The van der Waals surface area contributed by atoms with E-state index >= 15 is 0 Å². The first-order valence-corrected chi connectivity index (χ1v) is 8.14. The van der Waals surface area contributed by atoms with Gasteiger partial charge in [0.2, 0.25) is 6.79 Å². The highest BCUT2D eigenvalue weighted by atomic mass is 35.5. The summed E-state index contributed by atoms with van der Waals surface area (Å²) in [5.74, 6) is 2.57. The summed E-state index contributed by atoms with van der Waals surface area (Å²) >= 11 is 6.23. The van der Waals surface area contributed by atoms with Crippen molar-refractivity contribution in [2.45, 2.75) is 6.54 Å². The predicted octanol–water partition coefficient (Wildman–Crippen LogP) is 2.79. The molecule has 0 aliphatic carbocycles. The van der Waals surface area contributed by atoms with Crippen molar-refractivity contribution in [1.29, 1.82) is 0 Å². The van der Waals surface area contributed by atoms with Crippen LogP contribution >= 0.6 is 11.6 Å². The minimum Gasteiger partial charge on any atom is -0.454 e. The van der Waals surface area contributed by atoms with E-state index in [4.69, 9.17) is 21.1 Å². The second kappa shape index (κ2) is 6.26. The molecule has 0 radical (unpaired) electrons. The number of piperazine rings is 1. The van der Waals surface area contributed by atoms with Crippen molar-refractivity contribution in [1.82, 2.24) is 9.88 Å². The molecule has 0 spiro atoms. The van der Waals surface area contributed by atoms with Gasteiger partial charge in [0.25, 0.3) is 0 Å². The third-order valence-electron chi connectivity index (χ3n) is 4.25. The number of pyridine rings is 1. The normalized spacial score (nSPS) is 17.5. The number of benzene rings is 1. The lowest BCUT2D eigenvalue weighted by atomic mass is 10.1. The van der Waals surface area contributed by atoms with E-state index in [9.17, 15) is 0 Å². The van der Waals surface area contributed by atoms with Gasteiger partial charge in [-0.25, -0.2) is 4.98 Å². The van der Waals surface area contributed by atoms with Gasteiger partial charge in [0.15, 0.2) is 11.5 Å². The molecule has 0 N–H and O–H groups in total. The molecule has 3 heterocycles. The highest BCUT2D eigenvalue weighted by molar-refractivity contribution is 6.32. The van der Waals surface area contributed by atoms with Crippen molar-refractivity contribution < 1.29 is 9.47 Å². The molecule has 2 aliphatic rings. The average Bonchev–Trinajstić information content (AvgIpc) is 3.04. The van der Waals surface area contributed by atoms with Crippen LogP contribution in [0.15, 0.2) is 36.5 Å². The lowest BCUT2D eigenvalue weighted by Gasteiger charge is -2.35. The largest absolute Gasteiger partial charge is 0.454 e. The number of nitrogens with zero attached hydrogens (tertiary/aromatic N) is 3. The first-order valence-electron chi connectivity index (χ1n) is 7.76. The van der Waals surface area contributed by atoms with Crippen LogP contribution in [0.25, 0.3) is 0 Å². The molecular weight excluding hydrogens is 314 g/mol. The highest BCUT2D eigenvalue weighted by Crippen LogP contribution is 2.33. The summed E-state index contributed by atoms with van der Waals surface area (Å²) in [4.78, 5) is 9.08. The zero-order chi connectivity index (χ0) is 15.6. The monoisotopic (exact) mass is 331 g/mol. The Morgan fingerprint density at radius 1 is 1.04 bits per heavy atom. The first-order chi connectivity index (χ1) is 11.3. The Kier molecular flexibility index (Phi) is 3.97. The maximum Gasteiger partial charge on any atom is 0.231 e. The third-order valence-corrected chi connectivity index (χ3v) is 4.55. The minimum atomic E-state index is 0.322. The van der Waals surface area contributed by atoms with Crippen molar-refractivity contribution in [3.63, 3.8) is 0 Å². The molecule has 0 bridgehead atoms. The van der Waals surface area contributed by atoms with Crippen LogP contribution in [-0.2, 0) is 6.54 Å². The molecule has 5 nitrogen and oxygen atoms in total. The summed E-state index contributed by atoms with van der Waals surface area (Å²) in [6, 6.07) is 9.92. The maximum atomic E-state index is 6.23. The van der Waals surface area contributed by atoms with Crippen LogP contribution < -0.4 is 14.4 Å². The van der Waals surface area contributed by atoms with Crippen LogP contribution in [0.3, 0.4) is 0 Å². The molecule has 2 aliphatic heterocycles. The fourth-order valence-corrected chi connectivity index (χ4v) is 3.27. The van der Waals surface area contributed by atoms with Gasteiger partial charge in [-0.05, 0) is 29.8 Å². The number of aromatic nitrogens is 1. The summed E-state index contributed by atoms with van der Waals surface area (Å²) < 4.78 is 10.8. The molecule has 2 aromatic rings. The Labute approximate surface area is 140 Å². The Morgan fingerprint density at radius 3 is 2.70 bits per heavy atom. The van der Waals surface area contributed by atoms with E-state index in [1.54, 1.807) is 6.20 Å². The summed E-state index contributed by atoms with van der Waals surface area (Å²) in [5.41, 5.74) is 1.25. The smallest absolute Gasteiger partial charge is 0.231 e. The fourth-order valence-electron chi connectivity index (χ4n) is 3.03. The van der Waals surface area contributed by atoms with E-state index in [-0.39, 0.29) is 0 Å². The number of fused-ring (bicyclic) bond motifs is 1. The average molecular weight is 332 g/mol. The summed E-state index contributed by atoms with van der Waals surface area (Å²) in [5, 5.41) is 0.719. The van der Waals surface area contributed by atoms with Gasteiger partial charge in [0.1, 0.15) is 5.82 Å². The quantitative estimate of drug-likeness (QED) is 0.864. The van der Waals surface area contributed by atoms with Crippen LogP contribution in [0, 0.1) is 0 Å². The van der Waals surface area contributed by atoms with Gasteiger partial charge in [-0.15, -0.1) is 0 Å². The van der Waals surface area contributed by atoms with Gasteiger partial charge in [-0.3, -0.25) is 4.90 Å². The number of anilines is 1. The lowest BCUT2D eigenvalue weighted by molar-refractivity contribution is 0.174. The molecule has 23 heavy (non-hydrogen) atoms. The minimum absolute atomic E-state index is 0.322. The Hall–Kier alpha value is -1.98. The van der Waals surface area contributed by atoms with Gasteiger partial charge in [0, 0.05) is 38.9 Å². The molecule has 4 rings (SSSR count). The molecule has 1 fully saturated rings. The summed E-state index contributed by atoms with van der Waals surface area (Å²) in [7, 11) is 0. The van der Waals surface area contributed by atoms with Gasteiger partial charge < -0.3 is 14.4 Å². The predicted molar refractivity (Wildman–Crippen MR) is 89.3 cm³/mol. The Bertz CT molecular complexity index is 702. The van der Waals surface area contributed by atoms with Gasteiger partial charge in [-0.1, -0.05) is 17.7 Å². The van der Waals surface area contributed by atoms with Crippen molar-refractivity contribution in [2.24, 2.45) is 0 Å². The number of ether oxygens (including phenoxy) is 2. The second-order valence-corrected chi connectivity index (χ2v) is 6.17. The Morgan fingerprint density at radius 2 is 1.87 bits per heavy atom. The number of hydrogen-bond donors (Lipinski definition) is 0. The molecule has 1 saturated heterocycles. The Balaban J connectivity index is 1.37. The number of hydrogen-bond acceptors (Lipinski definition) is 5. The molecule has 1 aromatic carbocycles. The van der Waals surface area contributed by atoms with Crippen LogP contribution in [0.1, 0.15) is 5.56 Å². The van der Waals surface area contributed by atoms with E-state index in [1.165, 1.54) is 5.56 Å². The van der Waals surface area contributed by atoms with Crippen molar-refractivity contribution in [3.05, 3.63) is 47.1 Å². The molecule has 0 unspecified atom stereocenters. The topological polar surface area (TPSA) is 37.8 Å². The van der Waals surface area contributed by atoms with Crippen LogP contribution in [0.5, 0.6) is 11.5 Å². The first kappa shape index (κ1) is 14.6. The maximum absolute atomic E-state index is 6.23. The standard InChI is InChI=1S/C17H18ClN3O2/c18-14-2-1-5-19-17(14)21-8-6-20(7-9-21)11-13-3-4-15-16(10-13)23-12-22-15/h1-5,10H,6-9,11-12H2. The summed E-state index contributed by atoms with van der Waals surface area (Å²) in [6.45, 7) is 5.08. The zero-order valence-electron chi connectivity index (χ0n) is 12.7. The van der Waals surface area contributed by atoms with E-state index in [0.29, 0.717) is 6.79 Å². The second-order valence-electron chi connectivity index (χ2n) is 5.76. The van der Waals surface area contributed by atoms with E-state index < -0.39 is 0 Å². The van der Waals surface area contributed by atoms with Crippen LogP contribution in [-0.4, -0.2) is 42.9 Å². The summed E-state index contributed by atoms with van der Waals surface area (Å²) in [6.07, 6.45) is 1.79. The molecule has 0 atom stereocenters. The molecule has 120 valence electrons. The molecule has 0 saturated carbocycles. The zero-order valence-corrected chi connectivity index (χ0v) is 13.5. The van der Waals surface area contributed by atoms with Crippen molar-refractivity contribution >= 4 is 17.4 Å². The number of rotatable bonds is 3. The van der Waals surface area contributed by atoms with Gasteiger partial charge >= 0.3 is 0 Å². The van der Waals surface area contributed by atoms with Crippen molar-refractivity contribution in [3.8, 4) is 11.5 Å². The van der Waals surface area contributed by atoms with E-state index in [2.05, 4.69) is 26.9 Å². The lowest BCUT2D eigenvalue weighted by Crippen LogP contribution is -2.46. The molecular formula is C17H18ClN3O2. The molecule has 0 amide bonds. The number of halogens is 1. The van der Waals surface area contributed by atoms with Crippen molar-refractivity contribution in [2.75, 3.05) is 37.9 Å². The fraction of sp³-hybridized carbons (Fsp3) is 0.353. The highest BCUT2D eigenvalue weighted by Gasteiger charge is 2.20. The third kappa shape index (κ3) is 3.07. The van der Waals surface area contributed by atoms with E-state index in [0.717, 1.165) is 55.1 Å². The van der Waals surface area contributed by atoms with E-state index in [1.807, 2.05) is 18.2 Å². The molecule has 1 aromatic heterocycles. The molecule has 6 heteroatoms. The van der Waals surface area contributed by atoms with Crippen LogP contribution in [0.4, 0.5) is 5.82 Å². The van der Waals surface area contributed by atoms with Crippen LogP contribution in [0.2, 0.25) is 5.02 Å². The van der Waals surface area contributed by atoms with Gasteiger partial charge in [-0.2, -0.15) is 0 Å². The SMILES string of the molecule is Clc1cccnc1N1CCN(Cc2ccc3c(c2)OCO3)CC1. The van der Waals surface area contributed by atoms with Gasteiger partial charge in [0.05, 0.1) is 5.02 Å².